The molecule has 3 rings (SSSR count). The molecule has 0 amide bonds. The van der Waals surface area contributed by atoms with Crippen molar-refractivity contribution in [3.63, 3.8) is 0 Å². The predicted molar refractivity (Wildman–Crippen MR) is 93.6 cm³/mol. The second-order valence-corrected chi connectivity index (χ2v) is 7.19. The topological polar surface area (TPSA) is 3.24 Å². The van der Waals surface area contributed by atoms with Gasteiger partial charge in [-0.05, 0) is 53.8 Å². The van der Waals surface area contributed by atoms with Crippen LogP contribution < -0.4 is 4.90 Å². The van der Waals surface area contributed by atoms with Gasteiger partial charge in [-0.1, -0.05) is 44.8 Å². The highest BCUT2D eigenvalue weighted by Crippen LogP contribution is 2.45. The van der Waals surface area contributed by atoms with E-state index in [1.165, 1.54) is 32.4 Å². The highest BCUT2D eigenvalue weighted by molar-refractivity contribution is 9.10. The molecule has 1 aliphatic rings. The minimum absolute atomic E-state index is 1.02. The quantitative estimate of drug-likeness (QED) is 0.556. The smallest absolute Gasteiger partial charge is 0.0457 e. The Kier molecular flexibility index (Phi) is 3.91. The summed E-state index contributed by atoms with van der Waals surface area (Å²) in [5, 5.41) is 0. The van der Waals surface area contributed by atoms with E-state index in [4.69, 9.17) is 0 Å². The first-order chi connectivity index (χ1) is 9.60. The van der Waals surface area contributed by atoms with E-state index in [1.807, 2.05) is 0 Å². The number of halogens is 2. The summed E-state index contributed by atoms with van der Waals surface area (Å²) in [6, 6.07) is 11.1. The van der Waals surface area contributed by atoms with Gasteiger partial charge in [0.2, 0.25) is 0 Å². The third-order valence-corrected chi connectivity index (χ3v) is 4.80. The normalized spacial score (nSPS) is 12.2. The second-order valence-electron chi connectivity index (χ2n) is 5.36. The standard InChI is InChI=1S/C17H17Br2N/c1-3-6-20(2)16-10-14(19)9-12-7-11-8-13(18)4-5-15(11)17(12)16/h4-5,8-10H,3,6-7H2,1-2H3. The van der Waals surface area contributed by atoms with Crippen LogP contribution in [-0.2, 0) is 6.42 Å². The van der Waals surface area contributed by atoms with Crippen LogP contribution in [0.2, 0.25) is 0 Å². The summed E-state index contributed by atoms with van der Waals surface area (Å²) in [6.45, 7) is 3.30. The average Bonchev–Trinajstić information content (AvgIpc) is 2.74. The highest BCUT2D eigenvalue weighted by Gasteiger charge is 2.23. The molecule has 0 fully saturated rings. The van der Waals surface area contributed by atoms with Crippen LogP contribution in [0.3, 0.4) is 0 Å². The van der Waals surface area contributed by atoms with Crippen LogP contribution in [0.25, 0.3) is 11.1 Å². The second kappa shape index (κ2) is 5.53. The number of hydrogen-bond acceptors (Lipinski definition) is 1. The van der Waals surface area contributed by atoms with Crippen molar-refractivity contribution >= 4 is 37.5 Å². The summed E-state index contributed by atoms with van der Waals surface area (Å²) in [6.07, 6.45) is 2.18. The number of rotatable bonds is 3. The molecule has 2 aromatic rings. The average molecular weight is 395 g/mol. The Bertz CT molecular complexity index is 664. The largest absolute Gasteiger partial charge is 0.374 e. The lowest BCUT2D eigenvalue weighted by molar-refractivity contribution is 0.852. The summed E-state index contributed by atoms with van der Waals surface area (Å²) in [7, 11) is 2.18. The van der Waals surface area contributed by atoms with Gasteiger partial charge in [-0.25, -0.2) is 0 Å². The number of nitrogens with zero attached hydrogens (tertiary/aromatic N) is 1. The highest BCUT2D eigenvalue weighted by atomic mass is 79.9. The molecule has 0 aromatic heterocycles. The Morgan fingerprint density at radius 2 is 1.80 bits per heavy atom. The van der Waals surface area contributed by atoms with Crippen molar-refractivity contribution in [2.75, 3.05) is 18.5 Å². The van der Waals surface area contributed by atoms with E-state index >= 15 is 0 Å². The molecule has 20 heavy (non-hydrogen) atoms. The van der Waals surface area contributed by atoms with Gasteiger partial charge in [0.25, 0.3) is 0 Å². The minimum Gasteiger partial charge on any atom is -0.374 e. The number of hydrogen-bond donors (Lipinski definition) is 0. The Labute approximate surface area is 137 Å². The van der Waals surface area contributed by atoms with Crippen LogP contribution in [-0.4, -0.2) is 13.6 Å². The summed E-state index contributed by atoms with van der Waals surface area (Å²) in [5.74, 6) is 0. The summed E-state index contributed by atoms with van der Waals surface area (Å²) >= 11 is 7.24. The first-order valence-corrected chi connectivity index (χ1v) is 8.51. The fourth-order valence-electron chi connectivity index (χ4n) is 3.01. The lowest BCUT2D eigenvalue weighted by Gasteiger charge is -2.22. The molecule has 1 nitrogen and oxygen atoms in total. The van der Waals surface area contributed by atoms with Crippen molar-refractivity contribution in [3.05, 3.63) is 50.4 Å². The van der Waals surface area contributed by atoms with Crippen molar-refractivity contribution in [1.29, 1.82) is 0 Å². The van der Waals surface area contributed by atoms with Crippen LogP contribution in [0.1, 0.15) is 24.5 Å². The van der Waals surface area contributed by atoms with Crippen LogP contribution in [0.15, 0.2) is 39.3 Å². The van der Waals surface area contributed by atoms with Gasteiger partial charge in [0, 0.05) is 33.8 Å². The Morgan fingerprint density at radius 3 is 2.55 bits per heavy atom. The Balaban J connectivity index is 2.18. The SMILES string of the molecule is CCCN(C)c1cc(Br)cc2c1-c1ccc(Br)cc1C2. The van der Waals surface area contributed by atoms with Crippen LogP contribution >= 0.6 is 31.9 Å². The Morgan fingerprint density at radius 1 is 1.05 bits per heavy atom. The molecular formula is C17H17Br2N. The molecule has 1 aliphatic carbocycles. The minimum atomic E-state index is 1.02. The molecule has 0 radical (unpaired) electrons. The molecule has 0 bridgehead atoms. The monoisotopic (exact) mass is 393 g/mol. The number of fused-ring (bicyclic) bond motifs is 3. The Hall–Kier alpha value is -0.800. The molecule has 3 heteroatoms. The van der Waals surface area contributed by atoms with E-state index in [9.17, 15) is 0 Å². The predicted octanol–water partition coefficient (Wildman–Crippen LogP) is 5.63. The van der Waals surface area contributed by atoms with Crippen molar-refractivity contribution < 1.29 is 0 Å². The van der Waals surface area contributed by atoms with Gasteiger partial charge in [0.15, 0.2) is 0 Å². The van der Waals surface area contributed by atoms with Gasteiger partial charge in [-0.3, -0.25) is 0 Å². The van der Waals surface area contributed by atoms with Crippen molar-refractivity contribution in [3.8, 4) is 11.1 Å². The zero-order chi connectivity index (χ0) is 14.3. The van der Waals surface area contributed by atoms with E-state index < -0.39 is 0 Å². The third kappa shape index (κ3) is 2.42. The molecule has 0 aliphatic heterocycles. The van der Waals surface area contributed by atoms with Gasteiger partial charge >= 0.3 is 0 Å². The fraction of sp³-hybridized carbons (Fsp3) is 0.294. The summed E-state index contributed by atoms with van der Waals surface area (Å²) in [4.78, 5) is 2.36. The molecule has 0 atom stereocenters. The molecule has 2 aromatic carbocycles. The molecule has 104 valence electrons. The number of anilines is 1. The molecular weight excluding hydrogens is 378 g/mol. The number of benzene rings is 2. The van der Waals surface area contributed by atoms with Crippen molar-refractivity contribution in [1.82, 2.24) is 0 Å². The van der Waals surface area contributed by atoms with E-state index in [0.717, 1.165) is 23.9 Å². The molecule has 0 saturated heterocycles. The maximum absolute atomic E-state index is 3.66. The maximum atomic E-state index is 3.66. The van der Waals surface area contributed by atoms with Crippen LogP contribution in [0.4, 0.5) is 5.69 Å². The van der Waals surface area contributed by atoms with E-state index in [1.54, 1.807) is 0 Å². The van der Waals surface area contributed by atoms with E-state index in [2.05, 4.69) is 81.1 Å². The molecule has 0 unspecified atom stereocenters. The van der Waals surface area contributed by atoms with Crippen molar-refractivity contribution in [2.24, 2.45) is 0 Å². The van der Waals surface area contributed by atoms with E-state index in [0.29, 0.717) is 0 Å². The third-order valence-electron chi connectivity index (χ3n) is 3.85. The van der Waals surface area contributed by atoms with Gasteiger partial charge in [0.05, 0.1) is 0 Å². The van der Waals surface area contributed by atoms with Crippen molar-refractivity contribution in [2.45, 2.75) is 19.8 Å². The zero-order valence-corrected chi connectivity index (χ0v) is 14.9. The molecule has 0 heterocycles. The van der Waals surface area contributed by atoms with Gasteiger partial charge < -0.3 is 4.90 Å². The maximum Gasteiger partial charge on any atom is 0.0457 e. The molecule has 0 saturated carbocycles. The first kappa shape index (κ1) is 14.2. The van der Waals surface area contributed by atoms with Gasteiger partial charge in [-0.15, -0.1) is 0 Å². The summed E-state index contributed by atoms with van der Waals surface area (Å²) < 4.78 is 2.33. The zero-order valence-electron chi connectivity index (χ0n) is 11.7. The lowest BCUT2D eigenvalue weighted by Crippen LogP contribution is -2.18. The van der Waals surface area contributed by atoms with Crippen LogP contribution in [0.5, 0.6) is 0 Å². The van der Waals surface area contributed by atoms with Gasteiger partial charge in [0.1, 0.15) is 0 Å². The first-order valence-electron chi connectivity index (χ1n) is 6.92. The molecule has 0 spiro atoms. The molecule has 0 N–H and O–H groups in total. The van der Waals surface area contributed by atoms with Crippen LogP contribution in [0, 0.1) is 0 Å². The van der Waals surface area contributed by atoms with Gasteiger partial charge in [-0.2, -0.15) is 0 Å². The summed E-state index contributed by atoms with van der Waals surface area (Å²) in [5.41, 5.74) is 6.96. The fourth-order valence-corrected chi connectivity index (χ4v) is 3.91. The van der Waals surface area contributed by atoms with E-state index in [-0.39, 0.29) is 0 Å². The lowest BCUT2D eigenvalue weighted by atomic mass is 10.0.